The second kappa shape index (κ2) is 4.03. The highest BCUT2D eigenvalue weighted by molar-refractivity contribution is 5.81. The molecule has 1 fully saturated rings. The quantitative estimate of drug-likeness (QED) is 0.808. The monoisotopic (exact) mass is 276 g/mol. The summed E-state index contributed by atoms with van der Waals surface area (Å²) in [6.45, 7) is 2.21. The molecule has 0 amide bonds. The van der Waals surface area contributed by atoms with Gasteiger partial charge in [-0.1, -0.05) is 19.1 Å². The number of fused-ring (bicyclic) bond motifs is 2. The first-order valence-corrected chi connectivity index (χ1v) is 7.37. The molecule has 4 heteroatoms. The van der Waals surface area contributed by atoms with Crippen molar-refractivity contribution in [2.45, 2.75) is 44.6 Å². The number of alkyl halides is 2. The number of hydrogen-bond acceptors (Lipinski definition) is 1. The summed E-state index contributed by atoms with van der Waals surface area (Å²) in [6.07, 6.45) is 10.2. The summed E-state index contributed by atoms with van der Waals surface area (Å²) in [7, 11) is 0. The van der Waals surface area contributed by atoms with Crippen molar-refractivity contribution in [3.63, 3.8) is 0 Å². The van der Waals surface area contributed by atoms with Crippen molar-refractivity contribution in [3.05, 3.63) is 35.9 Å². The van der Waals surface area contributed by atoms with Gasteiger partial charge in [-0.2, -0.15) is 0 Å². The molecule has 2 aliphatic carbocycles. The molecule has 0 spiro atoms. The minimum atomic E-state index is -2.40. The Kier molecular flexibility index (Phi) is 2.48. The predicted molar refractivity (Wildman–Crippen MR) is 73.4 cm³/mol. The first-order chi connectivity index (χ1) is 9.55. The minimum Gasteiger partial charge on any atom is -0.323 e. The highest BCUT2D eigenvalue weighted by atomic mass is 19.3. The summed E-state index contributed by atoms with van der Waals surface area (Å²) in [4.78, 5) is 4.24. The van der Waals surface area contributed by atoms with Gasteiger partial charge in [-0.05, 0) is 30.3 Å². The summed E-state index contributed by atoms with van der Waals surface area (Å²) in [6, 6.07) is 0.321. The number of imidazole rings is 1. The summed E-state index contributed by atoms with van der Waals surface area (Å²) in [5.41, 5.74) is 3.94. The first-order valence-electron chi connectivity index (χ1n) is 7.37. The van der Waals surface area contributed by atoms with Gasteiger partial charge in [0.2, 0.25) is 5.92 Å². The van der Waals surface area contributed by atoms with E-state index in [-0.39, 0.29) is 18.8 Å². The maximum atomic E-state index is 12.9. The van der Waals surface area contributed by atoms with E-state index in [0.29, 0.717) is 12.0 Å². The third kappa shape index (κ3) is 1.70. The topological polar surface area (TPSA) is 17.8 Å². The molecule has 0 bridgehead atoms. The van der Waals surface area contributed by atoms with Crippen LogP contribution in [0.4, 0.5) is 8.78 Å². The SMILES string of the molecule is CC1C=CC2=C1[C@H](CCC1CC(F)(F)C1)n1cncc12. The fourth-order valence-corrected chi connectivity index (χ4v) is 3.99. The molecule has 1 saturated carbocycles. The standard InChI is InChI=1S/C16H18F2N2/c1-10-2-4-12-14-8-19-9-20(14)13(15(10)12)5-3-11-6-16(17,18)7-11/h2,4,8-11,13H,3,5-7H2,1H3/t10?,13-/m0/s1. The molecule has 0 saturated heterocycles. The Hall–Kier alpha value is -1.45. The Morgan fingerprint density at radius 2 is 2.15 bits per heavy atom. The average molecular weight is 276 g/mol. The van der Waals surface area contributed by atoms with E-state index in [0.717, 1.165) is 12.8 Å². The smallest absolute Gasteiger partial charge is 0.248 e. The number of nitrogens with zero attached hydrogens (tertiary/aromatic N) is 2. The minimum absolute atomic E-state index is 0.0796. The molecule has 1 aliphatic heterocycles. The van der Waals surface area contributed by atoms with Gasteiger partial charge < -0.3 is 4.57 Å². The van der Waals surface area contributed by atoms with Crippen molar-refractivity contribution in [1.82, 2.24) is 9.55 Å². The van der Waals surface area contributed by atoms with Crippen molar-refractivity contribution < 1.29 is 8.78 Å². The molecule has 0 N–H and O–H groups in total. The third-order valence-electron chi connectivity index (χ3n) is 5.01. The van der Waals surface area contributed by atoms with E-state index in [2.05, 4.69) is 28.6 Å². The summed E-state index contributed by atoms with van der Waals surface area (Å²) < 4.78 is 28.1. The highest BCUT2D eigenvalue weighted by Gasteiger charge is 2.45. The Bertz CT molecular complexity index is 604. The van der Waals surface area contributed by atoms with Gasteiger partial charge in [-0.15, -0.1) is 0 Å². The van der Waals surface area contributed by atoms with Gasteiger partial charge in [-0.3, -0.25) is 0 Å². The van der Waals surface area contributed by atoms with Crippen LogP contribution < -0.4 is 0 Å². The first kappa shape index (κ1) is 12.3. The molecule has 3 aliphatic rings. The number of allylic oxidation sites excluding steroid dienone is 4. The fraction of sp³-hybridized carbons (Fsp3) is 0.562. The average Bonchev–Trinajstić information content (AvgIpc) is 2.99. The summed E-state index contributed by atoms with van der Waals surface area (Å²) in [5.74, 6) is -1.74. The molecular weight excluding hydrogens is 258 g/mol. The normalized spacial score (nSPS) is 30.6. The second-order valence-corrected chi connectivity index (χ2v) is 6.43. The maximum Gasteiger partial charge on any atom is 0.248 e. The van der Waals surface area contributed by atoms with Crippen molar-refractivity contribution >= 4 is 5.57 Å². The van der Waals surface area contributed by atoms with Crippen LogP contribution in [0, 0.1) is 11.8 Å². The molecule has 106 valence electrons. The van der Waals surface area contributed by atoms with Gasteiger partial charge in [0.1, 0.15) is 0 Å². The van der Waals surface area contributed by atoms with E-state index < -0.39 is 5.92 Å². The van der Waals surface area contributed by atoms with Crippen LogP contribution in [0.15, 0.2) is 30.2 Å². The molecule has 2 heterocycles. The number of halogens is 2. The second-order valence-electron chi connectivity index (χ2n) is 6.43. The van der Waals surface area contributed by atoms with Crippen molar-refractivity contribution in [2.75, 3.05) is 0 Å². The largest absolute Gasteiger partial charge is 0.323 e. The summed E-state index contributed by atoms with van der Waals surface area (Å²) >= 11 is 0. The molecule has 2 atom stereocenters. The van der Waals surface area contributed by atoms with E-state index in [4.69, 9.17) is 0 Å². The van der Waals surface area contributed by atoms with Crippen LogP contribution in [0.3, 0.4) is 0 Å². The van der Waals surface area contributed by atoms with Crippen LogP contribution in [0.5, 0.6) is 0 Å². The molecule has 1 aromatic rings. The van der Waals surface area contributed by atoms with Gasteiger partial charge in [0.05, 0.1) is 24.3 Å². The van der Waals surface area contributed by atoms with E-state index in [1.54, 1.807) is 0 Å². The number of aromatic nitrogens is 2. The molecule has 20 heavy (non-hydrogen) atoms. The van der Waals surface area contributed by atoms with Crippen LogP contribution in [0.25, 0.3) is 5.57 Å². The summed E-state index contributed by atoms with van der Waals surface area (Å²) in [5, 5.41) is 0. The molecule has 4 rings (SSSR count). The Morgan fingerprint density at radius 3 is 2.90 bits per heavy atom. The van der Waals surface area contributed by atoms with Gasteiger partial charge in [0, 0.05) is 18.4 Å². The lowest BCUT2D eigenvalue weighted by Gasteiger charge is -2.35. The molecular formula is C16H18F2N2. The number of hydrogen-bond donors (Lipinski definition) is 0. The van der Waals surface area contributed by atoms with Gasteiger partial charge >= 0.3 is 0 Å². The Morgan fingerprint density at radius 1 is 1.35 bits per heavy atom. The lowest BCUT2D eigenvalue weighted by molar-refractivity contribution is -0.112. The van der Waals surface area contributed by atoms with Gasteiger partial charge in [0.15, 0.2) is 0 Å². The zero-order chi connectivity index (χ0) is 13.9. The lowest BCUT2D eigenvalue weighted by Crippen LogP contribution is -2.35. The lowest BCUT2D eigenvalue weighted by atomic mass is 9.77. The van der Waals surface area contributed by atoms with Crippen molar-refractivity contribution in [1.29, 1.82) is 0 Å². The maximum absolute atomic E-state index is 12.9. The van der Waals surface area contributed by atoms with Crippen LogP contribution in [0.1, 0.15) is 44.3 Å². The van der Waals surface area contributed by atoms with E-state index >= 15 is 0 Å². The Labute approximate surface area is 117 Å². The van der Waals surface area contributed by atoms with Crippen LogP contribution in [-0.2, 0) is 0 Å². The zero-order valence-electron chi connectivity index (χ0n) is 11.5. The Balaban J connectivity index is 1.51. The van der Waals surface area contributed by atoms with Crippen LogP contribution in [0.2, 0.25) is 0 Å². The van der Waals surface area contributed by atoms with E-state index in [1.165, 1.54) is 16.8 Å². The molecule has 1 unspecified atom stereocenters. The van der Waals surface area contributed by atoms with E-state index in [1.807, 2.05) is 12.5 Å². The zero-order valence-corrected chi connectivity index (χ0v) is 11.5. The molecule has 1 aromatic heterocycles. The number of rotatable bonds is 3. The van der Waals surface area contributed by atoms with Crippen LogP contribution in [-0.4, -0.2) is 15.5 Å². The van der Waals surface area contributed by atoms with E-state index in [9.17, 15) is 8.78 Å². The molecule has 2 nitrogen and oxygen atoms in total. The van der Waals surface area contributed by atoms with Crippen molar-refractivity contribution in [2.24, 2.45) is 11.8 Å². The fourth-order valence-electron chi connectivity index (χ4n) is 3.99. The van der Waals surface area contributed by atoms with Gasteiger partial charge in [-0.25, -0.2) is 13.8 Å². The van der Waals surface area contributed by atoms with Crippen LogP contribution >= 0.6 is 0 Å². The predicted octanol–water partition coefficient (Wildman–Crippen LogP) is 4.22. The molecule has 0 aromatic carbocycles. The van der Waals surface area contributed by atoms with Gasteiger partial charge in [0.25, 0.3) is 0 Å². The van der Waals surface area contributed by atoms with Crippen molar-refractivity contribution in [3.8, 4) is 0 Å². The third-order valence-corrected chi connectivity index (χ3v) is 5.01. The highest BCUT2D eigenvalue weighted by Crippen LogP contribution is 2.50. The molecule has 0 radical (unpaired) electrons.